The van der Waals surface area contributed by atoms with Crippen molar-refractivity contribution in [1.29, 1.82) is 0 Å². The van der Waals surface area contributed by atoms with Crippen LogP contribution in [-0.4, -0.2) is 25.8 Å². The molecule has 1 aliphatic carbocycles. The van der Waals surface area contributed by atoms with Crippen molar-refractivity contribution in [3.8, 4) is 0 Å². The predicted octanol–water partition coefficient (Wildman–Crippen LogP) is 2.97. The molecule has 2 nitrogen and oxygen atoms in total. The molecule has 0 radical (unpaired) electrons. The molecular weight excluding hydrogens is 186 g/mol. The monoisotopic (exact) mass is 213 g/mol. The van der Waals surface area contributed by atoms with Crippen LogP contribution < -0.4 is 5.32 Å². The van der Waals surface area contributed by atoms with Crippen molar-refractivity contribution in [2.45, 2.75) is 58.4 Å². The van der Waals surface area contributed by atoms with E-state index in [-0.39, 0.29) is 0 Å². The van der Waals surface area contributed by atoms with Crippen molar-refractivity contribution >= 4 is 0 Å². The van der Waals surface area contributed by atoms with E-state index >= 15 is 0 Å². The molecule has 1 rings (SSSR count). The number of nitrogens with one attached hydrogen (secondary N) is 1. The van der Waals surface area contributed by atoms with E-state index in [1.165, 1.54) is 32.1 Å². The van der Waals surface area contributed by atoms with Crippen molar-refractivity contribution in [1.82, 2.24) is 5.32 Å². The highest BCUT2D eigenvalue weighted by atomic mass is 16.5. The van der Waals surface area contributed by atoms with Crippen LogP contribution in [0.3, 0.4) is 0 Å². The molecule has 0 aliphatic heterocycles. The minimum absolute atomic E-state index is 0.750. The summed E-state index contributed by atoms with van der Waals surface area (Å²) < 4.78 is 5.46. The molecule has 0 amide bonds. The van der Waals surface area contributed by atoms with Crippen molar-refractivity contribution in [3.63, 3.8) is 0 Å². The van der Waals surface area contributed by atoms with Crippen LogP contribution in [0.15, 0.2) is 0 Å². The Morgan fingerprint density at radius 1 is 1.13 bits per heavy atom. The van der Waals surface area contributed by atoms with Crippen LogP contribution in [0, 0.1) is 5.92 Å². The van der Waals surface area contributed by atoms with Gasteiger partial charge < -0.3 is 10.1 Å². The van der Waals surface area contributed by atoms with Crippen LogP contribution in [0.1, 0.15) is 52.4 Å². The van der Waals surface area contributed by atoms with Crippen LogP contribution in [0.4, 0.5) is 0 Å². The Morgan fingerprint density at radius 2 is 2.00 bits per heavy atom. The Balaban J connectivity index is 2.00. The van der Waals surface area contributed by atoms with E-state index in [0.29, 0.717) is 0 Å². The Morgan fingerprint density at radius 3 is 2.80 bits per heavy atom. The van der Waals surface area contributed by atoms with Crippen LogP contribution >= 0.6 is 0 Å². The minimum atomic E-state index is 0.750. The highest BCUT2D eigenvalue weighted by Crippen LogP contribution is 2.22. The fourth-order valence-electron chi connectivity index (χ4n) is 2.27. The van der Waals surface area contributed by atoms with Crippen LogP contribution in [-0.2, 0) is 4.74 Å². The second-order valence-electron chi connectivity index (χ2n) is 4.88. The first-order valence-corrected chi connectivity index (χ1v) is 6.64. The highest BCUT2D eigenvalue weighted by Gasteiger charge is 2.14. The lowest BCUT2D eigenvalue weighted by atomic mass is 10.0. The van der Waals surface area contributed by atoms with E-state index in [1.807, 2.05) is 0 Å². The van der Waals surface area contributed by atoms with Gasteiger partial charge in [-0.2, -0.15) is 0 Å². The molecule has 2 heteroatoms. The topological polar surface area (TPSA) is 21.3 Å². The van der Waals surface area contributed by atoms with Gasteiger partial charge in [0.1, 0.15) is 0 Å². The van der Waals surface area contributed by atoms with Gasteiger partial charge in [0.2, 0.25) is 0 Å². The van der Waals surface area contributed by atoms with Gasteiger partial charge >= 0.3 is 0 Å². The first-order valence-electron chi connectivity index (χ1n) is 6.64. The van der Waals surface area contributed by atoms with Crippen LogP contribution in [0.25, 0.3) is 0 Å². The normalized spacial score (nSPS) is 27.6. The first-order chi connectivity index (χ1) is 7.33. The summed E-state index contributed by atoms with van der Waals surface area (Å²) in [6, 6.07) is 0.750. The van der Waals surface area contributed by atoms with E-state index in [2.05, 4.69) is 19.2 Å². The minimum Gasteiger partial charge on any atom is -0.380 e. The van der Waals surface area contributed by atoms with Gasteiger partial charge in [-0.1, -0.05) is 26.7 Å². The zero-order valence-corrected chi connectivity index (χ0v) is 10.4. The van der Waals surface area contributed by atoms with Crippen molar-refractivity contribution in [2.24, 2.45) is 5.92 Å². The summed E-state index contributed by atoms with van der Waals surface area (Å²) in [7, 11) is 0. The molecule has 1 fully saturated rings. The first kappa shape index (κ1) is 13.0. The van der Waals surface area contributed by atoms with Crippen molar-refractivity contribution in [3.05, 3.63) is 0 Å². The van der Waals surface area contributed by atoms with Gasteiger partial charge in [0, 0.05) is 19.2 Å². The van der Waals surface area contributed by atoms with Crippen molar-refractivity contribution in [2.75, 3.05) is 19.8 Å². The quantitative estimate of drug-likeness (QED) is 0.541. The lowest BCUT2D eigenvalue weighted by Crippen LogP contribution is -2.31. The van der Waals surface area contributed by atoms with E-state index in [1.54, 1.807) is 0 Å². The van der Waals surface area contributed by atoms with Gasteiger partial charge in [0.05, 0.1) is 6.61 Å². The lowest BCUT2D eigenvalue weighted by Gasteiger charge is -2.16. The van der Waals surface area contributed by atoms with Gasteiger partial charge in [-0.15, -0.1) is 0 Å². The molecule has 0 spiro atoms. The Labute approximate surface area is 94.8 Å². The average Bonchev–Trinajstić information content (AvgIpc) is 2.43. The maximum atomic E-state index is 5.46. The van der Waals surface area contributed by atoms with Gasteiger partial charge in [-0.3, -0.25) is 0 Å². The predicted molar refractivity (Wildman–Crippen MR) is 65.1 cm³/mol. The molecule has 90 valence electrons. The molecule has 1 N–H and O–H groups in total. The molecule has 0 saturated heterocycles. The SMILES string of the molecule is CCCOCCNC1CCCC(C)CC1. The molecule has 2 atom stereocenters. The van der Waals surface area contributed by atoms with Gasteiger partial charge in [0.15, 0.2) is 0 Å². The molecular formula is C13H27NO. The summed E-state index contributed by atoms with van der Waals surface area (Å²) in [5.41, 5.74) is 0. The molecule has 2 unspecified atom stereocenters. The van der Waals surface area contributed by atoms with E-state index in [9.17, 15) is 0 Å². The molecule has 1 aliphatic rings. The number of rotatable bonds is 6. The van der Waals surface area contributed by atoms with Crippen molar-refractivity contribution < 1.29 is 4.74 Å². The van der Waals surface area contributed by atoms with Crippen LogP contribution in [0.5, 0.6) is 0 Å². The third-order valence-electron chi connectivity index (χ3n) is 3.29. The third kappa shape index (κ3) is 6.16. The molecule has 0 bridgehead atoms. The average molecular weight is 213 g/mol. The second-order valence-corrected chi connectivity index (χ2v) is 4.88. The van der Waals surface area contributed by atoms with E-state index in [0.717, 1.165) is 38.1 Å². The second kappa shape index (κ2) is 8.12. The lowest BCUT2D eigenvalue weighted by molar-refractivity contribution is 0.133. The molecule has 0 aromatic heterocycles. The zero-order valence-electron chi connectivity index (χ0n) is 10.4. The molecule has 1 saturated carbocycles. The highest BCUT2D eigenvalue weighted by molar-refractivity contribution is 4.72. The Kier molecular flexibility index (Phi) is 7.03. The summed E-state index contributed by atoms with van der Waals surface area (Å²) in [4.78, 5) is 0. The summed E-state index contributed by atoms with van der Waals surface area (Å²) in [5, 5.41) is 3.62. The summed E-state index contributed by atoms with van der Waals surface area (Å²) in [5.74, 6) is 0.938. The molecule has 0 heterocycles. The Hall–Kier alpha value is -0.0800. The molecule has 15 heavy (non-hydrogen) atoms. The standard InChI is InChI=1S/C13H27NO/c1-3-10-15-11-9-14-13-6-4-5-12(2)7-8-13/h12-14H,3-11H2,1-2H3. The summed E-state index contributed by atoms with van der Waals surface area (Å²) in [6.45, 7) is 7.34. The largest absolute Gasteiger partial charge is 0.380 e. The number of ether oxygens (including phenoxy) is 1. The fraction of sp³-hybridized carbons (Fsp3) is 1.00. The van der Waals surface area contributed by atoms with Gasteiger partial charge in [-0.05, 0) is 31.6 Å². The van der Waals surface area contributed by atoms with Crippen LogP contribution in [0.2, 0.25) is 0 Å². The summed E-state index contributed by atoms with van der Waals surface area (Å²) in [6.07, 6.45) is 8.06. The van der Waals surface area contributed by atoms with E-state index < -0.39 is 0 Å². The zero-order chi connectivity index (χ0) is 10.9. The summed E-state index contributed by atoms with van der Waals surface area (Å²) >= 11 is 0. The molecule has 0 aromatic carbocycles. The third-order valence-corrected chi connectivity index (χ3v) is 3.29. The fourth-order valence-corrected chi connectivity index (χ4v) is 2.27. The maximum absolute atomic E-state index is 5.46. The smallest absolute Gasteiger partial charge is 0.0590 e. The van der Waals surface area contributed by atoms with Gasteiger partial charge in [0.25, 0.3) is 0 Å². The van der Waals surface area contributed by atoms with E-state index in [4.69, 9.17) is 4.74 Å². The molecule has 0 aromatic rings. The maximum Gasteiger partial charge on any atom is 0.0590 e. The van der Waals surface area contributed by atoms with Gasteiger partial charge in [-0.25, -0.2) is 0 Å². The number of hydrogen-bond acceptors (Lipinski definition) is 2. The Bertz CT molecular complexity index is 149. The number of hydrogen-bond donors (Lipinski definition) is 1.